The lowest BCUT2D eigenvalue weighted by Crippen LogP contribution is -2.41. The highest BCUT2D eigenvalue weighted by molar-refractivity contribution is 5.84. The molecule has 0 aliphatic heterocycles. The summed E-state index contributed by atoms with van der Waals surface area (Å²) in [6.07, 6.45) is 0. The number of carbonyl (C=O) groups excluding carboxylic acids is 1. The Balaban J connectivity index is 2.18. The van der Waals surface area contributed by atoms with Gasteiger partial charge in [0, 0.05) is 12.7 Å². The molecule has 2 heterocycles. The number of anilines is 1. The fourth-order valence-corrected chi connectivity index (χ4v) is 2.23. The highest BCUT2D eigenvalue weighted by atomic mass is 16.2. The fraction of sp³-hybridized carbons (Fsp3) is 0.467. The Hall–Kier alpha value is -2.44. The van der Waals surface area contributed by atoms with Gasteiger partial charge < -0.3 is 10.6 Å². The number of nitrogens with zero attached hydrogens (tertiary/aromatic N) is 4. The van der Waals surface area contributed by atoms with Crippen molar-refractivity contribution in [2.75, 3.05) is 12.4 Å². The van der Waals surface area contributed by atoms with E-state index in [1.807, 2.05) is 39.8 Å². The molecule has 0 aliphatic carbocycles. The van der Waals surface area contributed by atoms with Crippen LogP contribution in [0.4, 0.5) is 5.82 Å². The van der Waals surface area contributed by atoms with Gasteiger partial charge in [0.2, 0.25) is 5.91 Å². The number of hydrogen-bond donors (Lipinski definition) is 2. The summed E-state index contributed by atoms with van der Waals surface area (Å²) in [5.41, 5.74) is 1.93. The summed E-state index contributed by atoms with van der Waals surface area (Å²) in [7, 11) is 1.62. The van der Waals surface area contributed by atoms with E-state index in [4.69, 9.17) is 0 Å². The number of likely N-dealkylation sites (N-methyl/N-ethyl adjacent to an activating group) is 1. The molecule has 1 unspecified atom stereocenters. The van der Waals surface area contributed by atoms with E-state index in [-0.39, 0.29) is 17.9 Å². The number of nitrogens with one attached hydrogen (secondary N) is 2. The van der Waals surface area contributed by atoms with Crippen LogP contribution in [0, 0.1) is 19.8 Å². The summed E-state index contributed by atoms with van der Waals surface area (Å²) in [4.78, 5) is 11.9. The molecule has 0 saturated heterocycles. The van der Waals surface area contributed by atoms with E-state index < -0.39 is 0 Å². The van der Waals surface area contributed by atoms with Crippen LogP contribution in [0.15, 0.2) is 18.2 Å². The molecule has 7 nitrogen and oxygen atoms in total. The van der Waals surface area contributed by atoms with Crippen LogP contribution in [0.25, 0.3) is 5.82 Å². The number of amides is 1. The van der Waals surface area contributed by atoms with Crippen molar-refractivity contribution in [1.29, 1.82) is 0 Å². The van der Waals surface area contributed by atoms with Gasteiger partial charge in [-0.3, -0.25) is 4.79 Å². The van der Waals surface area contributed by atoms with Crippen LogP contribution in [0.2, 0.25) is 0 Å². The van der Waals surface area contributed by atoms with Gasteiger partial charge >= 0.3 is 0 Å². The quantitative estimate of drug-likeness (QED) is 0.873. The zero-order valence-electron chi connectivity index (χ0n) is 13.6. The topological polar surface area (TPSA) is 84.7 Å². The molecule has 2 aromatic rings. The summed E-state index contributed by atoms with van der Waals surface area (Å²) in [5, 5.41) is 18.5. The smallest absolute Gasteiger partial charge is 0.242 e. The minimum absolute atomic E-state index is 0.0700. The van der Waals surface area contributed by atoms with Crippen LogP contribution >= 0.6 is 0 Å². The van der Waals surface area contributed by atoms with Crippen molar-refractivity contribution < 1.29 is 4.79 Å². The molecule has 0 bridgehead atoms. The zero-order chi connectivity index (χ0) is 16.3. The largest absolute Gasteiger partial charge is 0.357 e. The van der Waals surface area contributed by atoms with E-state index in [1.54, 1.807) is 17.8 Å². The third-order valence-electron chi connectivity index (χ3n) is 3.38. The molecule has 1 atom stereocenters. The molecule has 22 heavy (non-hydrogen) atoms. The summed E-state index contributed by atoms with van der Waals surface area (Å²) in [6, 6.07) is 5.26. The van der Waals surface area contributed by atoms with Gasteiger partial charge in [-0.05, 0) is 38.0 Å². The third-order valence-corrected chi connectivity index (χ3v) is 3.38. The molecule has 0 spiro atoms. The average Bonchev–Trinajstić information content (AvgIpc) is 2.83. The van der Waals surface area contributed by atoms with Crippen LogP contribution in [0.3, 0.4) is 0 Å². The minimum atomic E-state index is -0.348. The van der Waals surface area contributed by atoms with Crippen molar-refractivity contribution in [3.63, 3.8) is 0 Å². The van der Waals surface area contributed by atoms with Crippen LogP contribution < -0.4 is 10.6 Å². The predicted molar refractivity (Wildman–Crippen MR) is 84.9 cm³/mol. The van der Waals surface area contributed by atoms with Gasteiger partial charge in [-0.25, -0.2) is 4.68 Å². The Bertz CT molecular complexity index is 647. The maximum atomic E-state index is 11.9. The Morgan fingerprint density at radius 1 is 1.23 bits per heavy atom. The van der Waals surface area contributed by atoms with Crippen molar-refractivity contribution >= 4 is 11.7 Å². The van der Waals surface area contributed by atoms with Gasteiger partial charge in [0.1, 0.15) is 11.9 Å². The maximum Gasteiger partial charge on any atom is 0.242 e. The molecule has 118 valence electrons. The molecule has 0 radical (unpaired) electrons. The summed E-state index contributed by atoms with van der Waals surface area (Å²) >= 11 is 0. The molecular weight excluding hydrogens is 280 g/mol. The molecule has 2 aromatic heterocycles. The Morgan fingerprint density at radius 3 is 2.41 bits per heavy atom. The lowest BCUT2D eigenvalue weighted by atomic mass is 10.0. The molecule has 2 N–H and O–H groups in total. The van der Waals surface area contributed by atoms with Crippen molar-refractivity contribution in [3.8, 4) is 5.82 Å². The van der Waals surface area contributed by atoms with Crippen LogP contribution in [0.5, 0.6) is 0 Å². The van der Waals surface area contributed by atoms with E-state index in [0.29, 0.717) is 11.6 Å². The molecule has 0 fully saturated rings. The molecular formula is C15H22N6O. The second-order valence-electron chi connectivity index (χ2n) is 5.60. The third kappa shape index (κ3) is 3.41. The second kappa shape index (κ2) is 6.55. The molecule has 0 saturated carbocycles. The number of aromatic nitrogens is 4. The van der Waals surface area contributed by atoms with E-state index in [2.05, 4.69) is 25.9 Å². The maximum absolute atomic E-state index is 11.9. The first-order valence-corrected chi connectivity index (χ1v) is 7.28. The second-order valence-corrected chi connectivity index (χ2v) is 5.60. The van der Waals surface area contributed by atoms with E-state index >= 15 is 0 Å². The van der Waals surface area contributed by atoms with Crippen molar-refractivity contribution in [3.05, 3.63) is 29.6 Å². The summed E-state index contributed by atoms with van der Waals surface area (Å²) in [6.45, 7) is 7.85. The van der Waals surface area contributed by atoms with Gasteiger partial charge in [0.15, 0.2) is 5.82 Å². The fourth-order valence-electron chi connectivity index (χ4n) is 2.23. The highest BCUT2D eigenvalue weighted by Crippen LogP contribution is 2.13. The summed E-state index contributed by atoms with van der Waals surface area (Å²) in [5.74, 6) is 1.28. The number of rotatable bonds is 5. The Kier molecular flexibility index (Phi) is 4.75. The van der Waals surface area contributed by atoms with Crippen molar-refractivity contribution in [2.24, 2.45) is 5.92 Å². The number of hydrogen-bond acceptors (Lipinski definition) is 5. The van der Waals surface area contributed by atoms with Gasteiger partial charge in [-0.2, -0.15) is 5.10 Å². The average molecular weight is 302 g/mol. The van der Waals surface area contributed by atoms with E-state index in [0.717, 1.165) is 11.4 Å². The standard InChI is InChI=1S/C15H22N6O/c1-9(2)14(15(22)16-5)17-12-6-7-13(19-18-12)21-11(4)8-10(3)20-21/h6-9,14H,1-5H3,(H,16,22)(H,17,18). The lowest BCUT2D eigenvalue weighted by molar-refractivity contribution is -0.122. The normalized spacial score (nSPS) is 12.3. The van der Waals surface area contributed by atoms with Crippen LogP contribution in [0.1, 0.15) is 25.2 Å². The van der Waals surface area contributed by atoms with Gasteiger partial charge in [-0.1, -0.05) is 13.8 Å². The summed E-state index contributed by atoms with van der Waals surface area (Å²) < 4.78 is 1.74. The van der Waals surface area contributed by atoms with Crippen molar-refractivity contribution in [2.45, 2.75) is 33.7 Å². The van der Waals surface area contributed by atoms with Gasteiger partial charge in [-0.15, -0.1) is 10.2 Å². The first kappa shape index (κ1) is 15.9. The zero-order valence-corrected chi connectivity index (χ0v) is 13.6. The van der Waals surface area contributed by atoms with Crippen molar-refractivity contribution in [1.82, 2.24) is 25.3 Å². The minimum Gasteiger partial charge on any atom is -0.357 e. The molecule has 0 aliphatic rings. The molecule has 1 amide bonds. The van der Waals surface area contributed by atoms with E-state index in [9.17, 15) is 4.79 Å². The van der Waals surface area contributed by atoms with Crippen LogP contribution in [-0.4, -0.2) is 39.0 Å². The highest BCUT2D eigenvalue weighted by Gasteiger charge is 2.21. The van der Waals surface area contributed by atoms with Gasteiger partial charge in [0.05, 0.1) is 5.69 Å². The Labute approximate surface area is 130 Å². The SMILES string of the molecule is CNC(=O)C(Nc1ccc(-n2nc(C)cc2C)nn1)C(C)C. The van der Waals surface area contributed by atoms with E-state index in [1.165, 1.54) is 0 Å². The number of carbonyl (C=O) groups is 1. The van der Waals surface area contributed by atoms with Gasteiger partial charge in [0.25, 0.3) is 0 Å². The molecule has 7 heteroatoms. The molecule has 2 rings (SSSR count). The Morgan fingerprint density at radius 2 is 1.95 bits per heavy atom. The first-order valence-electron chi connectivity index (χ1n) is 7.28. The first-order chi connectivity index (χ1) is 10.4. The predicted octanol–water partition coefficient (Wildman–Crippen LogP) is 1.46. The lowest BCUT2D eigenvalue weighted by Gasteiger charge is -2.20. The van der Waals surface area contributed by atoms with Crippen LogP contribution in [-0.2, 0) is 4.79 Å². The monoisotopic (exact) mass is 302 g/mol. The molecule has 0 aromatic carbocycles. The number of aryl methyl sites for hydroxylation is 2.